The molecule has 112 valence electrons. The van der Waals surface area contributed by atoms with Gasteiger partial charge in [-0.25, -0.2) is 4.79 Å². The van der Waals surface area contributed by atoms with Gasteiger partial charge in [-0.1, -0.05) is 32.1 Å². The van der Waals surface area contributed by atoms with E-state index in [1.54, 1.807) is 6.92 Å². The molecule has 0 atom stereocenters. The number of hydrogen-bond acceptors (Lipinski definition) is 6. The summed E-state index contributed by atoms with van der Waals surface area (Å²) in [4.78, 5) is 11.8. The van der Waals surface area contributed by atoms with Crippen molar-refractivity contribution in [3.8, 4) is 0 Å². The fourth-order valence-corrected chi connectivity index (χ4v) is 3.42. The van der Waals surface area contributed by atoms with Crippen LogP contribution in [0.25, 0.3) is 0 Å². The van der Waals surface area contributed by atoms with Gasteiger partial charge in [-0.2, -0.15) is 4.37 Å². The van der Waals surface area contributed by atoms with Gasteiger partial charge in [0.1, 0.15) is 10.6 Å². The Morgan fingerprint density at radius 2 is 2.20 bits per heavy atom. The second kappa shape index (κ2) is 7.47. The number of nitrogen functional groups attached to an aromatic ring is 1. The first-order valence-corrected chi connectivity index (χ1v) is 8.15. The van der Waals surface area contributed by atoms with Crippen LogP contribution in [0.2, 0.25) is 0 Å². The average Bonchev–Trinajstić information content (AvgIpc) is 2.81. The molecule has 0 aromatic carbocycles. The summed E-state index contributed by atoms with van der Waals surface area (Å²) >= 11 is 1.23. The van der Waals surface area contributed by atoms with Gasteiger partial charge in [-0.3, -0.25) is 0 Å². The molecule has 0 radical (unpaired) electrons. The van der Waals surface area contributed by atoms with Crippen LogP contribution in [0.4, 0.5) is 10.8 Å². The van der Waals surface area contributed by atoms with Crippen molar-refractivity contribution in [1.82, 2.24) is 4.37 Å². The van der Waals surface area contributed by atoms with E-state index in [2.05, 4.69) is 9.69 Å². The standard InChI is InChI=1S/C14H23N3O2S/c1-2-19-14(18)11-12(15)17-20-13(11)16-9-8-10-6-4-3-5-7-10/h10,16H,2-9H2,1H3,(H2,15,17). The maximum atomic E-state index is 11.8. The molecule has 0 unspecified atom stereocenters. The van der Waals surface area contributed by atoms with Crippen LogP contribution in [0.5, 0.6) is 0 Å². The fraction of sp³-hybridized carbons (Fsp3) is 0.714. The predicted octanol–water partition coefficient (Wildman–Crippen LogP) is 3.28. The lowest BCUT2D eigenvalue weighted by molar-refractivity contribution is 0.0529. The molecule has 1 aromatic heterocycles. The first kappa shape index (κ1) is 15.1. The van der Waals surface area contributed by atoms with Gasteiger partial charge < -0.3 is 15.8 Å². The normalized spacial score (nSPS) is 16.1. The third-order valence-corrected chi connectivity index (χ3v) is 4.58. The van der Waals surface area contributed by atoms with Crippen molar-refractivity contribution < 1.29 is 9.53 Å². The minimum Gasteiger partial charge on any atom is -0.462 e. The van der Waals surface area contributed by atoms with E-state index < -0.39 is 0 Å². The number of rotatable bonds is 6. The zero-order valence-corrected chi connectivity index (χ0v) is 12.8. The Morgan fingerprint density at radius 1 is 1.45 bits per heavy atom. The Morgan fingerprint density at radius 3 is 2.90 bits per heavy atom. The Kier molecular flexibility index (Phi) is 5.64. The highest BCUT2D eigenvalue weighted by molar-refractivity contribution is 7.11. The molecule has 0 amide bonds. The quantitative estimate of drug-likeness (QED) is 0.788. The Hall–Kier alpha value is -1.30. The van der Waals surface area contributed by atoms with Gasteiger partial charge in [0, 0.05) is 6.54 Å². The van der Waals surface area contributed by atoms with Crippen molar-refractivity contribution >= 4 is 28.3 Å². The molecule has 1 aromatic rings. The summed E-state index contributed by atoms with van der Waals surface area (Å²) in [5.74, 6) is 0.681. The van der Waals surface area contributed by atoms with Crippen LogP contribution < -0.4 is 11.1 Å². The lowest BCUT2D eigenvalue weighted by Gasteiger charge is -2.21. The van der Waals surface area contributed by atoms with Crippen LogP contribution in [0.15, 0.2) is 0 Å². The van der Waals surface area contributed by atoms with E-state index in [1.165, 1.54) is 43.6 Å². The van der Waals surface area contributed by atoms with Crippen LogP contribution in [0.1, 0.15) is 55.8 Å². The third-order valence-electron chi connectivity index (χ3n) is 3.76. The van der Waals surface area contributed by atoms with E-state index in [0.29, 0.717) is 12.2 Å². The lowest BCUT2D eigenvalue weighted by atomic mass is 9.87. The molecule has 20 heavy (non-hydrogen) atoms. The Bertz CT molecular complexity index is 442. The molecule has 0 spiro atoms. The molecule has 0 bridgehead atoms. The predicted molar refractivity (Wildman–Crippen MR) is 82.2 cm³/mol. The maximum absolute atomic E-state index is 11.8. The Labute approximate surface area is 124 Å². The molecule has 3 N–H and O–H groups in total. The van der Waals surface area contributed by atoms with Crippen LogP contribution in [0, 0.1) is 5.92 Å². The summed E-state index contributed by atoms with van der Waals surface area (Å²) in [6.45, 7) is 2.98. The number of anilines is 2. The zero-order chi connectivity index (χ0) is 14.4. The van der Waals surface area contributed by atoms with Gasteiger partial charge in [0.15, 0.2) is 5.82 Å². The number of aromatic nitrogens is 1. The molecule has 1 fully saturated rings. The van der Waals surface area contributed by atoms with Crippen LogP contribution in [-0.2, 0) is 4.74 Å². The molecule has 0 aliphatic heterocycles. The van der Waals surface area contributed by atoms with Crippen molar-refractivity contribution in [1.29, 1.82) is 0 Å². The van der Waals surface area contributed by atoms with E-state index >= 15 is 0 Å². The van der Waals surface area contributed by atoms with Crippen molar-refractivity contribution in [2.45, 2.75) is 45.4 Å². The zero-order valence-electron chi connectivity index (χ0n) is 12.0. The van der Waals surface area contributed by atoms with E-state index in [0.717, 1.165) is 23.9 Å². The highest BCUT2D eigenvalue weighted by atomic mass is 32.1. The third kappa shape index (κ3) is 3.85. The molecule has 6 heteroatoms. The summed E-state index contributed by atoms with van der Waals surface area (Å²) in [6, 6.07) is 0. The van der Waals surface area contributed by atoms with E-state index in [4.69, 9.17) is 10.5 Å². The largest absolute Gasteiger partial charge is 0.462 e. The number of nitrogens with two attached hydrogens (primary N) is 1. The molecule has 5 nitrogen and oxygen atoms in total. The average molecular weight is 297 g/mol. The first-order valence-electron chi connectivity index (χ1n) is 7.38. The summed E-state index contributed by atoms with van der Waals surface area (Å²) in [5.41, 5.74) is 6.13. The van der Waals surface area contributed by atoms with Gasteiger partial charge in [-0.05, 0) is 30.8 Å². The number of nitrogens with one attached hydrogen (secondary N) is 1. The first-order chi connectivity index (χ1) is 9.72. The number of nitrogens with zero attached hydrogens (tertiary/aromatic N) is 1. The van der Waals surface area contributed by atoms with Crippen molar-refractivity contribution in [2.24, 2.45) is 5.92 Å². The van der Waals surface area contributed by atoms with Crippen LogP contribution in [-0.4, -0.2) is 23.5 Å². The van der Waals surface area contributed by atoms with Gasteiger partial charge >= 0.3 is 5.97 Å². The van der Waals surface area contributed by atoms with E-state index in [1.807, 2.05) is 0 Å². The maximum Gasteiger partial charge on any atom is 0.344 e. The second-order valence-corrected chi connectivity index (χ2v) is 5.99. The minimum atomic E-state index is -0.390. The van der Waals surface area contributed by atoms with Gasteiger partial charge in [0.2, 0.25) is 0 Å². The number of ether oxygens (including phenoxy) is 1. The summed E-state index contributed by atoms with van der Waals surface area (Å²) in [5, 5.41) is 4.03. The van der Waals surface area contributed by atoms with Gasteiger partial charge in [0.05, 0.1) is 6.61 Å². The molecule has 1 aliphatic rings. The lowest BCUT2D eigenvalue weighted by Crippen LogP contribution is -2.14. The topological polar surface area (TPSA) is 77.2 Å². The minimum absolute atomic E-state index is 0.258. The number of carbonyl (C=O) groups excluding carboxylic acids is 1. The fourth-order valence-electron chi connectivity index (χ4n) is 2.69. The van der Waals surface area contributed by atoms with Gasteiger partial charge in [-0.15, -0.1) is 0 Å². The number of hydrogen-bond donors (Lipinski definition) is 2. The molecule has 2 rings (SSSR count). The van der Waals surface area contributed by atoms with Crippen molar-refractivity contribution in [3.05, 3.63) is 5.56 Å². The van der Waals surface area contributed by atoms with E-state index in [-0.39, 0.29) is 11.8 Å². The second-order valence-electron chi connectivity index (χ2n) is 5.21. The molecular formula is C14H23N3O2S. The highest BCUT2D eigenvalue weighted by Gasteiger charge is 2.20. The van der Waals surface area contributed by atoms with Gasteiger partial charge in [0.25, 0.3) is 0 Å². The monoisotopic (exact) mass is 297 g/mol. The van der Waals surface area contributed by atoms with Crippen LogP contribution in [0.3, 0.4) is 0 Å². The molecule has 1 heterocycles. The van der Waals surface area contributed by atoms with E-state index in [9.17, 15) is 4.79 Å². The summed E-state index contributed by atoms with van der Waals surface area (Å²) in [7, 11) is 0. The molecular weight excluding hydrogens is 274 g/mol. The van der Waals surface area contributed by atoms with Crippen molar-refractivity contribution in [2.75, 3.05) is 24.2 Å². The highest BCUT2D eigenvalue weighted by Crippen LogP contribution is 2.29. The Balaban J connectivity index is 1.87. The smallest absolute Gasteiger partial charge is 0.344 e. The SMILES string of the molecule is CCOC(=O)c1c(N)nsc1NCCC1CCCCC1. The molecule has 0 saturated heterocycles. The molecule has 1 saturated carbocycles. The number of esters is 1. The summed E-state index contributed by atoms with van der Waals surface area (Å²) in [6.07, 6.45) is 7.88. The van der Waals surface area contributed by atoms with Crippen LogP contribution >= 0.6 is 11.5 Å². The summed E-state index contributed by atoms with van der Waals surface area (Å²) < 4.78 is 9.05. The van der Waals surface area contributed by atoms with Crippen molar-refractivity contribution in [3.63, 3.8) is 0 Å². The number of carbonyl (C=O) groups is 1. The molecule has 1 aliphatic carbocycles.